The zero-order chi connectivity index (χ0) is 13.0. The lowest BCUT2D eigenvalue weighted by Crippen LogP contribution is -2.36. The fourth-order valence-electron chi connectivity index (χ4n) is 2.34. The van der Waals surface area contributed by atoms with Crippen LogP contribution in [0.4, 0.5) is 0 Å². The van der Waals surface area contributed by atoms with Crippen LogP contribution in [0.5, 0.6) is 0 Å². The van der Waals surface area contributed by atoms with Crippen molar-refractivity contribution in [3.63, 3.8) is 0 Å². The van der Waals surface area contributed by atoms with E-state index in [0.717, 1.165) is 31.1 Å². The van der Waals surface area contributed by atoms with Gasteiger partial charge in [-0.05, 0) is 29.4 Å². The highest BCUT2D eigenvalue weighted by Gasteiger charge is 2.45. The van der Waals surface area contributed by atoms with Crippen molar-refractivity contribution < 1.29 is 13.3 Å². The molecule has 0 radical (unpaired) electrons. The summed E-state index contributed by atoms with van der Waals surface area (Å²) in [7, 11) is -1.05. The molecule has 2 saturated heterocycles. The van der Waals surface area contributed by atoms with Crippen LogP contribution in [0.3, 0.4) is 0 Å². The summed E-state index contributed by atoms with van der Waals surface area (Å²) in [6.07, 6.45) is 0. The van der Waals surface area contributed by atoms with E-state index in [-0.39, 0.29) is 0 Å². The van der Waals surface area contributed by atoms with Gasteiger partial charge in [0.1, 0.15) is 0 Å². The summed E-state index contributed by atoms with van der Waals surface area (Å²) in [4.78, 5) is 0. The van der Waals surface area contributed by atoms with E-state index in [9.17, 15) is 0 Å². The maximum absolute atomic E-state index is 6.06. The Morgan fingerprint density at radius 1 is 1.22 bits per heavy atom. The van der Waals surface area contributed by atoms with E-state index >= 15 is 0 Å². The topological polar surface area (TPSA) is 27.7 Å². The molecular formula is C11H24O3S2Si2. The van der Waals surface area contributed by atoms with Crippen LogP contribution in [0.15, 0.2) is 0 Å². The number of hydrogen-bond donors (Lipinski definition) is 0. The van der Waals surface area contributed by atoms with E-state index in [4.69, 9.17) is 13.3 Å². The van der Waals surface area contributed by atoms with Gasteiger partial charge in [0, 0.05) is 13.2 Å². The Bertz CT molecular complexity index is 273. The highest BCUT2D eigenvalue weighted by atomic mass is 32.4. The lowest BCUT2D eigenvalue weighted by molar-refractivity contribution is 0.174. The van der Waals surface area contributed by atoms with Crippen LogP contribution in [0.25, 0.3) is 0 Å². The minimum atomic E-state index is -1.91. The quantitative estimate of drug-likeness (QED) is 0.553. The fourth-order valence-corrected chi connectivity index (χ4v) is 15.1. The summed E-state index contributed by atoms with van der Waals surface area (Å²) in [5, 5.41) is 0. The molecule has 0 aliphatic carbocycles. The predicted molar refractivity (Wildman–Crippen MR) is 84.7 cm³/mol. The molecule has 2 heterocycles. The van der Waals surface area contributed by atoms with Crippen LogP contribution in [0.2, 0.25) is 12.1 Å². The van der Waals surface area contributed by atoms with Crippen molar-refractivity contribution in [1.82, 2.24) is 0 Å². The molecule has 0 saturated carbocycles. The first-order valence-corrected chi connectivity index (χ1v) is 14.2. The van der Waals surface area contributed by atoms with Gasteiger partial charge in [0.25, 0.3) is 0 Å². The molecule has 4 unspecified atom stereocenters. The number of rotatable bonds is 6. The Balaban J connectivity index is 1.62. The molecule has 0 amide bonds. The SMILES string of the molecule is CO[Si]1(OCCO[SiH]2CC(C)CS2)CC(C)CS1. The van der Waals surface area contributed by atoms with Crippen molar-refractivity contribution >= 4 is 38.3 Å². The molecule has 0 aromatic rings. The van der Waals surface area contributed by atoms with Crippen molar-refractivity contribution in [2.24, 2.45) is 11.8 Å². The molecule has 2 fully saturated rings. The lowest BCUT2D eigenvalue weighted by atomic mass is 10.3. The highest BCUT2D eigenvalue weighted by molar-refractivity contribution is 8.27. The molecule has 0 aromatic carbocycles. The van der Waals surface area contributed by atoms with Gasteiger partial charge in [-0.15, -0.1) is 11.2 Å². The molecule has 2 aliphatic rings. The molecule has 0 bridgehead atoms. The smallest absolute Gasteiger partial charge is 0.406 e. The second kappa shape index (κ2) is 7.15. The second-order valence-electron chi connectivity index (χ2n) is 5.33. The van der Waals surface area contributed by atoms with Crippen LogP contribution in [-0.4, -0.2) is 47.7 Å². The van der Waals surface area contributed by atoms with Crippen molar-refractivity contribution in [2.75, 3.05) is 31.8 Å². The minimum absolute atomic E-state index is 0.720. The number of hydrogen-bond acceptors (Lipinski definition) is 5. The van der Waals surface area contributed by atoms with Gasteiger partial charge >= 0.3 is 7.71 Å². The minimum Gasteiger partial charge on any atom is -0.407 e. The Morgan fingerprint density at radius 2 is 2.06 bits per heavy atom. The monoisotopic (exact) mass is 324 g/mol. The zero-order valence-corrected chi connectivity index (χ0v) is 15.3. The third kappa shape index (κ3) is 4.26. The molecule has 106 valence electrons. The summed E-state index contributed by atoms with van der Waals surface area (Å²) >= 11 is 4.00. The average Bonchev–Trinajstić information content (AvgIpc) is 2.93. The van der Waals surface area contributed by atoms with E-state index in [1.54, 1.807) is 7.11 Å². The molecule has 4 atom stereocenters. The van der Waals surface area contributed by atoms with Gasteiger partial charge in [-0.3, -0.25) is 0 Å². The Morgan fingerprint density at radius 3 is 2.61 bits per heavy atom. The third-order valence-corrected chi connectivity index (χ3v) is 15.8. The van der Waals surface area contributed by atoms with Gasteiger partial charge in [-0.25, -0.2) is 0 Å². The Labute approximate surface area is 121 Å². The Hall–Kier alpha value is 1.01. The average molecular weight is 325 g/mol. The standard InChI is InChI=1S/C11H24O3S2Si2/c1-10-6-15-17(8-10)13-4-5-14-18(12-3)9-11(2)7-16-18/h10-11,17H,4-9H2,1-3H3. The second-order valence-corrected chi connectivity index (χ2v) is 16.1. The van der Waals surface area contributed by atoms with E-state index in [1.807, 2.05) is 11.2 Å². The van der Waals surface area contributed by atoms with Crippen LogP contribution in [-0.2, 0) is 13.3 Å². The van der Waals surface area contributed by atoms with Crippen molar-refractivity contribution in [3.05, 3.63) is 0 Å². The first kappa shape index (κ1) is 15.4. The predicted octanol–water partition coefficient (Wildman–Crippen LogP) is 2.59. The van der Waals surface area contributed by atoms with Gasteiger partial charge in [0.2, 0.25) is 8.19 Å². The molecule has 2 rings (SSSR count). The van der Waals surface area contributed by atoms with Crippen LogP contribution < -0.4 is 0 Å². The molecule has 2 aliphatic heterocycles. The molecule has 7 heteroatoms. The molecule has 3 nitrogen and oxygen atoms in total. The zero-order valence-electron chi connectivity index (χ0n) is 11.5. The summed E-state index contributed by atoms with van der Waals surface area (Å²) in [5.41, 5.74) is 0. The highest BCUT2D eigenvalue weighted by Crippen LogP contribution is 2.39. The lowest BCUT2D eigenvalue weighted by Gasteiger charge is -2.23. The maximum atomic E-state index is 6.06. The largest absolute Gasteiger partial charge is 0.407 e. The van der Waals surface area contributed by atoms with Gasteiger partial charge < -0.3 is 13.3 Å². The van der Waals surface area contributed by atoms with Gasteiger partial charge in [0.05, 0.1) is 13.2 Å². The fraction of sp³-hybridized carbons (Fsp3) is 1.00. The Kier molecular flexibility index (Phi) is 6.11. The van der Waals surface area contributed by atoms with E-state index < -0.39 is 15.9 Å². The molecule has 0 N–H and O–H groups in total. The summed E-state index contributed by atoms with van der Waals surface area (Å²) in [6.45, 7) is 6.09. The normalized spacial score (nSPS) is 40.5. The summed E-state index contributed by atoms with van der Waals surface area (Å²) < 4.78 is 17.7. The molecule has 0 aromatic heterocycles. The van der Waals surface area contributed by atoms with Crippen molar-refractivity contribution in [3.8, 4) is 0 Å². The van der Waals surface area contributed by atoms with Crippen LogP contribution in [0, 0.1) is 11.8 Å². The van der Waals surface area contributed by atoms with Gasteiger partial charge in [0.15, 0.2) is 0 Å². The van der Waals surface area contributed by atoms with E-state index in [1.165, 1.54) is 17.5 Å². The van der Waals surface area contributed by atoms with Crippen LogP contribution in [0.1, 0.15) is 13.8 Å². The van der Waals surface area contributed by atoms with Crippen molar-refractivity contribution in [1.29, 1.82) is 0 Å². The van der Waals surface area contributed by atoms with E-state index in [2.05, 4.69) is 25.1 Å². The van der Waals surface area contributed by atoms with Crippen molar-refractivity contribution in [2.45, 2.75) is 25.9 Å². The maximum Gasteiger partial charge on any atom is 0.406 e. The third-order valence-electron chi connectivity index (χ3n) is 3.37. The molecular weight excluding hydrogens is 300 g/mol. The summed E-state index contributed by atoms with van der Waals surface area (Å²) in [6, 6.07) is 2.45. The van der Waals surface area contributed by atoms with Crippen LogP contribution >= 0.6 is 22.4 Å². The molecule has 18 heavy (non-hydrogen) atoms. The van der Waals surface area contributed by atoms with Gasteiger partial charge in [-0.2, -0.15) is 11.2 Å². The summed E-state index contributed by atoms with van der Waals surface area (Å²) in [5.74, 6) is 4.08. The van der Waals surface area contributed by atoms with Gasteiger partial charge in [-0.1, -0.05) is 13.8 Å². The molecule has 0 spiro atoms. The first-order valence-electron chi connectivity index (χ1n) is 6.70. The first-order chi connectivity index (χ1) is 8.63. The van der Waals surface area contributed by atoms with E-state index in [0.29, 0.717) is 0 Å².